The molecule has 2 heterocycles. The summed E-state index contributed by atoms with van der Waals surface area (Å²) in [4.78, 5) is 23.8. The van der Waals surface area contributed by atoms with E-state index in [1.165, 1.54) is 10.6 Å². The molecular weight excluding hydrogens is 304 g/mol. The molecule has 0 saturated heterocycles. The van der Waals surface area contributed by atoms with E-state index in [0.29, 0.717) is 0 Å². The number of nitrogens with zero attached hydrogens (tertiary/aromatic N) is 3. The maximum Gasteiger partial charge on any atom is 0.250 e. The Balaban J connectivity index is 1.70. The molecule has 3 rings (SSSR count). The number of aromatic nitrogens is 3. The number of hydrogen-bond donors (Lipinski definition) is 1. The van der Waals surface area contributed by atoms with Crippen molar-refractivity contribution in [3.63, 3.8) is 0 Å². The fraction of sp³-hybridized carbons (Fsp3) is 0.167. The van der Waals surface area contributed by atoms with Crippen LogP contribution < -0.4 is 10.9 Å². The van der Waals surface area contributed by atoms with Crippen molar-refractivity contribution in [2.24, 2.45) is 0 Å². The number of benzene rings is 1. The van der Waals surface area contributed by atoms with Crippen LogP contribution in [0, 0.1) is 0 Å². The molecule has 1 N–H and O–H groups in total. The molecule has 2 aromatic heterocycles. The summed E-state index contributed by atoms with van der Waals surface area (Å²) in [6, 6.07) is 14.3. The van der Waals surface area contributed by atoms with E-state index in [4.69, 9.17) is 0 Å². The van der Waals surface area contributed by atoms with Crippen LogP contribution in [0.4, 0.5) is 0 Å². The van der Waals surface area contributed by atoms with Gasteiger partial charge in [-0.05, 0) is 36.8 Å². The minimum absolute atomic E-state index is 0.00284. The molecule has 0 spiro atoms. The topological polar surface area (TPSA) is 68.9 Å². The molecule has 0 aliphatic heterocycles. The summed E-state index contributed by atoms with van der Waals surface area (Å²) >= 11 is 0. The van der Waals surface area contributed by atoms with Crippen LogP contribution in [-0.2, 0) is 11.3 Å². The van der Waals surface area contributed by atoms with Gasteiger partial charge in [0.05, 0.1) is 11.7 Å². The van der Waals surface area contributed by atoms with E-state index < -0.39 is 0 Å². The van der Waals surface area contributed by atoms with Gasteiger partial charge < -0.3 is 9.88 Å². The highest BCUT2D eigenvalue weighted by molar-refractivity contribution is 5.76. The SMILES string of the molecule is C[C@H](NC(=O)Cn1ccccc1=O)c1cccc(-n2cccn2)c1. The van der Waals surface area contributed by atoms with E-state index in [1.807, 2.05) is 43.5 Å². The Kier molecular flexibility index (Phi) is 4.56. The Labute approximate surface area is 139 Å². The summed E-state index contributed by atoms with van der Waals surface area (Å²) in [6.45, 7) is 1.91. The minimum atomic E-state index is -0.208. The highest BCUT2D eigenvalue weighted by atomic mass is 16.2. The Hall–Kier alpha value is -3.15. The van der Waals surface area contributed by atoms with Gasteiger partial charge in [-0.1, -0.05) is 18.2 Å². The lowest BCUT2D eigenvalue weighted by Crippen LogP contribution is -2.33. The lowest BCUT2D eigenvalue weighted by atomic mass is 10.1. The number of carbonyl (C=O) groups excluding carboxylic acids is 1. The number of carbonyl (C=O) groups is 1. The lowest BCUT2D eigenvalue weighted by Gasteiger charge is -2.16. The molecule has 0 unspecified atom stereocenters. The summed E-state index contributed by atoms with van der Waals surface area (Å²) in [7, 11) is 0. The zero-order valence-corrected chi connectivity index (χ0v) is 13.3. The smallest absolute Gasteiger partial charge is 0.250 e. The van der Waals surface area contributed by atoms with E-state index >= 15 is 0 Å². The first-order valence-electron chi connectivity index (χ1n) is 7.68. The summed E-state index contributed by atoms with van der Waals surface area (Å²) in [6.07, 6.45) is 5.19. The summed E-state index contributed by atoms with van der Waals surface area (Å²) < 4.78 is 3.14. The van der Waals surface area contributed by atoms with Crippen molar-refractivity contribution in [1.29, 1.82) is 0 Å². The van der Waals surface area contributed by atoms with Crippen molar-refractivity contribution in [3.05, 3.63) is 83.0 Å². The largest absolute Gasteiger partial charge is 0.348 e. The number of pyridine rings is 1. The van der Waals surface area contributed by atoms with Crippen molar-refractivity contribution in [1.82, 2.24) is 19.7 Å². The second kappa shape index (κ2) is 6.95. The molecule has 0 fully saturated rings. The van der Waals surface area contributed by atoms with E-state index in [1.54, 1.807) is 29.2 Å². The maximum absolute atomic E-state index is 12.2. The van der Waals surface area contributed by atoms with Gasteiger partial charge in [-0.2, -0.15) is 5.10 Å². The highest BCUT2D eigenvalue weighted by Gasteiger charge is 2.11. The Morgan fingerprint density at radius 1 is 1.17 bits per heavy atom. The van der Waals surface area contributed by atoms with Gasteiger partial charge in [0.15, 0.2) is 0 Å². The zero-order chi connectivity index (χ0) is 16.9. The van der Waals surface area contributed by atoms with Crippen LogP contribution >= 0.6 is 0 Å². The first kappa shape index (κ1) is 15.7. The van der Waals surface area contributed by atoms with Gasteiger partial charge in [0.2, 0.25) is 5.91 Å². The van der Waals surface area contributed by atoms with Gasteiger partial charge >= 0.3 is 0 Å². The van der Waals surface area contributed by atoms with Crippen LogP contribution in [0.15, 0.2) is 71.9 Å². The molecule has 0 bridgehead atoms. The first-order chi connectivity index (χ1) is 11.6. The van der Waals surface area contributed by atoms with Crippen molar-refractivity contribution in [2.75, 3.05) is 0 Å². The quantitative estimate of drug-likeness (QED) is 0.780. The van der Waals surface area contributed by atoms with Crippen molar-refractivity contribution in [2.45, 2.75) is 19.5 Å². The second-order valence-corrected chi connectivity index (χ2v) is 5.50. The molecule has 6 heteroatoms. The second-order valence-electron chi connectivity index (χ2n) is 5.50. The predicted octanol–water partition coefficient (Wildman–Crippen LogP) is 1.91. The van der Waals surface area contributed by atoms with E-state index in [9.17, 15) is 9.59 Å². The van der Waals surface area contributed by atoms with Gasteiger partial charge in [0.1, 0.15) is 6.54 Å². The fourth-order valence-corrected chi connectivity index (χ4v) is 2.47. The zero-order valence-electron chi connectivity index (χ0n) is 13.3. The third kappa shape index (κ3) is 3.60. The van der Waals surface area contributed by atoms with Gasteiger partial charge in [-0.15, -0.1) is 0 Å². The van der Waals surface area contributed by atoms with Crippen molar-refractivity contribution < 1.29 is 4.79 Å². The molecule has 3 aromatic rings. The third-order valence-electron chi connectivity index (χ3n) is 3.73. The summed E-state index contributed by atoms with van der Waals surface area (Å²) in [5.41, 5.74) is 1.70. The average molecular weight is 322 g/mol. The predicted molar refractivity (Wildman–Crippen MR) is 90.8 cm³/mol. The molecule has 0 radical (unpaired) electrons. The third-order valence-corrected chi connectivity index (χ3v) is 3.73. The van der Waals surface area contributed by atoms with Crippen LogP contribution in [0.5, 0.6) is 0 Å². The van der Waals surface area contributed by atoms with Crippen molar-refractivity contribution in [3.8, 4) is 5.69 Å². The highest BCUT2D eigenvalue weighted by Crippen LogP contribution is 2.16. The summed E-state index contributed by atoms with van der Waals surface area (Å²) in [5.74, 6) is -0.208. The van der Waals surface area contributed by atoms with Crippen LogP contribution in [0.25, 0.3) is 5.69 Å². The van der Waals surface area contributed by atoms with Crippen LogP contribution in [-0.4, -0.2) is 20.3 Å². The molecule has 0 saturated carbocycles. The van der Waals surface area contributed by atoms with Crippen molar-refractivity contribution >= 4 is 5.91 Å². The molecular formula is C18H18N4O2. The lowest BCUT2D eigenvalue weighted by molar-refractivity contribution is -0.122. The van der Waals surface area contributed by atoms with Gasteiger partial charge in [-0.25, -0.2) is 4.68 Å². The van der Waals surface area contributed by atoms with Crippen LogP contribution in [0.1, 0.15) is 18.5 Å². The van der Waals surface area contributed by atoms with Gasteiger partial charge in [-0.3, -0.25) is 9.59 Å². The number of hydrogen-bond acceptors (Lipinski definition) is 3. The van der Waals surface area contributed by atoms with Crippen LogP contribution in [0.3, 0.4) is 0 Å². The average Bonchev–Trinajstić information content (AvgIpc) is 3.11. The minimum Gasteiger partial charge on any atom is -0.348 e. The summed E-state index contributed by atoms with van der Waals surface area (Å²) in [5, 5.41) is 7.12. The van der Waals surface area contributed by atoms with Gasteiger partial charge in [0, 0.05) is 24.7 Å². The fourth-order valence-electron chi connectivity index (χ4n) is 2.47. The van der Waals surface area contributed by atoms with E-state index in [0.717, 1.165) is 11.3 Å². The number of rotatable bonds is 5. The molecule has 0 aliphatic carbocycles. The standard InChI is InChI=1S/C18H18N4O2/c1-14(20-17(23)13-21-10-3-2-8-18(21)24)15-6-4-7-16(12-15)22-11-5-9-19-22/h2-12,14H,13H2,1H3,(H,20,23)/t14-/m0/s1. The Morgan fingerprint density at radius 3 is 2.79 bits per heavy atom. The Morgan fingerprint density at radius 2 is 2.04 bits per heavy atom. The Bertz CT molecular complexity index is 884. The molecule has 0 aliphatic rings. The number of amides is 1. The monoisotopic (exact) mass is 322 g/mol. The normalized spacial score (nSPS) is 11.9. The maximum atomic E-state index is 12.2. The van der Waals surface area contributed by atoms with E-state index in [-0.39, 0.29) is 24.1 Å². The molecule has 6 nitrogen and oxygen atoms in total. The molecule has 1 atom stereocenters. The van der Waals surface area contributed by atoms with E-state index in [2.05, 4.69) is 10.4 Å². The number of nitrogens with one attached hydrogen (secondary N) is 1. The molecule has 122 valence electrons. The van der Waals surface area contributed by atoms with Gasteiger partial charge in [0.25, 0.3) is 5.56 Å². The van der Waals surface area contributed by atoms with Crippen LogP contribution in [0.2, 0.25) is 0 Å². The first-order valence-corrected chi connectivity index (χ1v) is 7.68. The molecule has 1 amide bonds. The molecule has 24 heavy (non-hydrogen) atoms. The molecule has 1 aromatic carbocycles.